The van der Waals surface area contributed by atoms with Crippen LogP contribution in [0.2, 0.25) is 0 Å². The van der Waals surface area contributed by atoms with Crippen molar-refractivity contribution < 1.29 is 4.79 Å². The smallest absolute Gasteiger partial charge is 0.252 e. The maximum Gasteiger partial charge on any atom is 0.252 e. The van der Waals surface area contributed by atoms with Gasteiger partial charge in [0.05, 0.1) is 5.56 Å². The molecule has 0 heterocycles. The minimum absolute atomic E-state index is 0.0129. The predicted octanol–water partition coefficient (Wildman–Crippen LogP) is 5.14. The Morgan fingerprint density at radius 2 is 1.89 bits per heavy atom. The van der Waals surface area contributed by atoms with Gasteiger partial charge in [-0.25, -0.2) is 0 Å². The highest BCUT2D eigenvalue weighted by atomic mass is 127. The summed E-state index contributed by atoms with van der Waals surface area (Å²) in [6, 6.07) is 5.80. The number of carbonyl (C=O) groups is 1. The van der Waals surface area contributed by atoms with Crippen molar-refractivity contribution in [3.63, 3.8) is 0 Å². The largest absolute Gasteiger partial charge is 0.352 e. The van der Waals surface area contributed by atoms with Crippen LogP contribution >= 0.6 is 38.5 Å². The summed E-state index contributed by atoms with van der Waals surface area (Å²) in [5, 5.41) is 2.99. The van der Waals surface area contributed by atoms with Crippen LogP contribution in [0.1, 0.15) is 55.8 Å². The molecule has 0 radical (unpaired) electrons. The molecule has 0 unspecified atom stereocenters. The minimum Gasteiger partial charge on any atom is -0.352 e. The number of rotatable bonds is 8. The van der Waals surface area contributed by atoms with E-state index in [0.29, 0.717) is 0 Å². The van der Waals surface area contributed by atoms with Crippen LogP contribution in [0.4, 0.5) is 0 Å². The van der Waals surface area contributed by atoms with Crippen LogP contribution in [0, 0.1) is 3.57 Å². The number of unbranched alkanes of at least 4 members (excludes halogenated alkanes) is 5. The monoisotopic (exact) mass is 437 g/mol. The normalized spacial score (nSPS) is 10.5. The van der Waals surface area contributed by atoms with Crippen molar-refractivity contribution in [2.24, 2.45) is 0 Å². The molecule has 1 aromatic carbocycles. The summed E-state index contributed by atoms with van der Waals surface area (Å²) in [6.07, 6.45) is 7.45. The maximum atomic E-state index is 12.0. The van der Waals surface area contributed by atoms with Crippen LogP contribution in [-0.4, -0.2) is 12.5 Å². The highest BCUT2D eigenvalue weighted by molar-refractivity contribution is 14.1. The molecule has 0 saturated heterocycles. The Kier molecular flexibility index (Phi) is 8.70. The lowest BCUT2D eigenvalue weighted by Gasteiger charge is -2.07. The molecule has 0 saturated carbocycles. The van der Waals surface area contributed by atoms with Gasteiger partial charge in [-0.3, -0.25) is 4.79 Å². The Morgan fingerprint density at radius 3 is 2.63 bits per heavy atom. The Bertz CT molecular complexity index is 409. The summed E-state index contributed by atoms with van der Waals surface area (Å²) in [7, 11) is 0. The second-order valence-corrected chi connectivity index (χ2v) is 6.75. The topological polar surface area (TPSA) is 29.1 Å². The first kappa shape index (κ1) is 17.0. The van der Waals surface area contributed by atoms with Crippen LogP contribution in [-0.2, 0) is 0 Å². The van der Waals surface area contributed by atoms with Gasteiger partial charge in [0.15, 0.2) is 0 Å². The van der Waals surface area contributed by atoms with Crippen molar-refractivity contribution in [2.45, 2.75) is 45.4 Å². The summed E-state index contributed by atoms with van der Waals surface area (Å²) in [6.45, 7) is 2.99. The third-order valence-corrected chi connectivity index (χ3v) is 4.35. The molecule has 0 aliphatic carbocycles. The van der Waals surface area contributed by atoms with Gasteiger partial charge in [0.2, 0.25) is 0 Å². The lowest BCUT2D eigenvalue weighted by Crippen LogP contribution is -2.24. The number of benzene rings is 1. The van der Waals surface area contributed by atoms with E-state index in [2.05, 4.69) is 50.8 Å². The van der Waals surface area contributed by atoms with Crippen molar-refractivity contribution in [3.8, 4) is 0 Å². The number of hydrogen-bond donors (Lipinski definition) is 1. The number of hydrogen-bond acceptors (Lipinski definition) is 1. The standard InChI is InChI=1S/C15H21BrINO/c1-2-3-4-5-6-7-10-18-15(19)13-11-12(17)8-9-14(13)16/h8-9,11H,2-7,10H2,1H3,(H,18,19). The zero-order chi connectivity index (χ0) is 14.1. The fourth-order valence-corrected chi connectivity index (χ4v) is 2.79. The molecule has 0 spiro atoms. The summed E-state index contributed by atoms with van der Waals surface area (Å²) < 4.78 is 1.93. The predicted molar refractivity (Wildman–Crippen MR) is 92.6 cm³/mol. The van der Waals surface area contributed by atoms with Crippen molar-refractivity contribution in [1.82, 2.24) is 5.32 Å². The zero-order valence-electron chi connectivity index (χ0n) is 11.3. The van der Waals surface area contributed by atoms with Gasteiger partial charge < -0.3 is 5.32 Å². The minimum atomic E-state index is 0.0129. The van der Waals surface area contributed by atoms with Gasteiger partial charge >= 0.3 is 0 Å². The van der Waals surface area contributed by atoms with E-state index in [0.717, 1.165) is 26.6 Å². The Morgan fingerprint density at radius 1 is 1.21 bits per heavy atom. The van der Waals surface area contributed by atoms with E-state index in [1.807, 2.05) is 18.2 Å². The van der Waals surface area contributed by atoms with E-state index >= 15 is 0 Å². The lowest BCUT2D eigenvalue weighted by molar-refractivity contribution is 0.0952. The molecular weight excluding hydrogens is 417 g/mol. The summed E-state index contributed by atoms with van der Waals surface area (Å²) in [5.74, 6) is 0.0129. The molecule has 106 valence electrons. The first-order valence-electron chi connectivity index (χ1n) is 6.88. The summed E-state index contributed by atoms with van der Waals surface area (Å²) in [5.41, 5.74) is 0.720. The maximum absolute atomic E-state index is 12.0. The summed E-state index contributed by atoms with van der Waals surface area (Å²) in [4.78, 5) is 12.0. The van der Waals surface area contributed by atoms with Crippen molar-refractivity contribution >= 4 is 44.4 Å². The second-order valence-electron chi connectivity index (χ2n) is 4.65. The van der Waals surface area contributed by atoms with Gasteiger partial charge in [-0.05, 0) is 63.1 Å². The van der Waals surface area contributed by atoms with Crippen LogP contribution in [0.25, 0.3) is 0 Å². The molecule has 1 amide bonds. The van der Waals surface area contributed by atoms with E-state index in [1.165, 1.54) is 32.1 Å². The molecule has 1 rings (SSSR count). The third kappa shape index (κ3) is 6.75. The Hall–Kier alpha value is -0.100. The highest BCUT2D eigenvalue weighted by Gasteiger charge is 2.09. The fourth-order valence-electron chi connectivity index (χ4n) is 1.87. The third-order valence-electron chi connectivity index (χ3n) is 2.99. The number of halogens is 2. The Balaban J connectivity index is 2.26. The number of carbonyl (C=O) groups excluding carboxylic acids is 1. The molecule has 0 aliphatic heterocycles. The quantitative estimate of drug-likeness (QED) is 0.442. The van der Waals surface area contributed by atoms with Gasteiger partial charge in [0.25, 0.3) is 5.91 Å². The average molecular weight is 438 g/mol. The van der Waals surface area contributed by atoms with Crippen molar-refractivity contribution in [3.05, 3.63) is 31.8 Å². The van der Waals surface area contributed by atoms with Crippen molar-refractivity contribution in [1.29, 1.82) is 0 Å². The molecule has 0 atom stereocenters. The number of nitrogens with one attached hydrogen (secondary N) is 1. The molecule has 19 heavy (non-hydrogen) atoms. The average Bonchev–Trinajstić information content (AvgIpc) is 2.40. The molecule has 1 aromatic rings. The summed E-state index contributed by atoms with van der Waals surface area (Å²) >= 11 is 5.64. The van der Waals surface area contributed by atoms with E-state index in [9.17, 15) is 4.79 Å². The molecular formula is C15H21BrINO. The zero-order valence-corrected chi connectivity index (χ0v) is 15.1. The molecule has 0 fully saturated rings. The highest BCUT2D eigenvalue weighted by Crippen LogP contribution is 2.19. The van der Waals surface area contributed by atoms with Gasteiger partial charge in [-0.2, -0.15) is 0 Å². The van der Waals surface area contributed by atoms with Crippen molar-refractivity contribution in [2.75, 3.05) is 6.54 Å². The van der Waals surface area contributed by atoms with Gasteiger partial charge in [-0.15, -0.1) is 0 Å². The van der Waals surface area contributed by atoms with Gasteiger partial charge in [0, 0.05) is 14.6 Å². The Labute approximate surface area is 138 Å². The molecule has 0 aromatic heterocycles. The molecule has 0 bridgehead atoms. The molecule has 2 nitrogen and oxygen atoms in total. The fraction of sp³-hybridized carbons (Fsp3) is 0.533. The van der Waals surface area contributed by atoms with E-state index in [1.54, 1.807) is 0 Å². The van der Waals surface area contributed by atoms with Crippen LogP contribution < -0.4 is 5.32 Å². The van der Waals surface area contributed by atoms with E-state index in [4.69, 9.17) is 0 Å². The molecule has 0 aliphatic rings. The second kappa shape index (κ2) is 9.75. The van der Waals surface area contributed by atoms with Gasteiger partial charge in [-0.1, -0.05) is 39.0 Å². The van der Waals surface area contributed by atoms with Crippen LogP contribution in [0.3, 0.4) is 0 Å². The molecule has 4 heteroatoms. The lowest BCUT2D eigenvalue weighted by atomic mass is 10.1. The SMILES string of the molecule is CCCCCCCCNC(=O)c1cc(I)ccc1Br. The first-order chi connectivity index (χ1) is 9.15. The number of amides is 1. The van der Waals surface area contributed by atoms with Gasteiger partial charge in [0.1, 0.15) is 0 Å². The van der Waals surface area contributed by atoms with E-state index in [-0.39, 0.29) is 5.91 Å². The first-order valence-corrected chi connectivity index (χ1v) is 8.75. The van der Waals surface area contributed by atoms with Crippen LogP contribution in [0.15, 0.2) is 22.7 Å². The van der Waals surface area contributed by atoms with Crippen LogP contribution in [0.5, 0.6) is 0 Å². The molecule has 1 N–H and O–H groups in total. The van der Waals surface area contributed by atoms with E-state index < -0.39 is 0 Å².